The second-order valence-electron chi connectivity index (χ2n) is 4.86. The largest absolute Gasteiger partial charge is 0.101 e. The van der Waals surface area contributed by atoms with Crippen molar-refractivity contribution in [2.75, 3.05) is 12.3 Å². The standard InChI is InChI=1S/C13H29P/c1-6-9-11-14(12-10-7-2)13(4,5)8-3/h6-12H2,1-5H3. The van der Waals surface area contributed by atoms with Crippen molar-refractivity contribution in [3.8, 4) is 0 Å². The molecule has 0 unspecified atom stereocenters. The summed E-state index contributed by atoms with van der Waals surface area (Å²) in [7, 11) is 0.284. The average molecular weight is 216 g/mol. The molecule has 0 nitrogen and oxygen atoms in total. The number of rotatable bonds is 8. The summed E-state index contributed by atoms with van der Waals surface area (Å²) in [4.78, 5) is 0. The third-order valence-electron chi connectivity index (χ3n) is 3.28. The van der Waals surface area contributed by atoms with E-state index in [1.54, 1.807) is 0 Å². The van der Waals surface area contributed by atoms with E-state index < -0.39 is 0 Å². The summed E-state index contributed by atoms with van der Waals surface area (Å²) in [6.07, 6.45) is 9.98. The molecule has 0 saturated heterocycles. The maximum absolute atomic E-state index is 2.48. The third-order valence-corrected chi connectivity index (χ3v) is 7.02. The minimum atomic E-state index is 0.284. The van der Waals surface area contributed by atoms with Crippen LogP contribution < -0.4 is 0 Å². The van der Waals surface area contributed by atoms with Crippen LogP contribution in [0.3, 0.4) is 0 Å². The van der Waals surface area contributed by atoms with Gasteiger partial charge in [0.25, 0.3) is 0 Å². The molecular weight excluding hydrogens is 187 g/mol. The highest BCUT2D eigenvalue weighted by molar-refractivity contribution is 7.59. The fourth-order valence-electron chi connectivity index (χ4n) is 1.64. The Bertz CT molecular complexity index is 121. The molecule has 0 aromatic heterocycles. The third kappa shape index (κ3) is 5.35. The molecule has 0 bridgehead atoms. The Balaban J connectivity index is 4.08. The quantitative estimate of drug-likeness (QED) is 0.486. The van der Waals surface area contributed by atoms with Crippen molar-refractivity contribution in [2.24, 2.45) is 0 Å². The first-order chi connectivity index (χ1) is 6.58. The van der Waals surface area contributed by atoms with E-state index in [0.29, 0.717) is 5.16 Å². The summed E-state index contributed by atoms with van der Waals surface area (Å²) < 4.78 is 0. The van der Waals surface area contributed by atoms with Crippen LogP contribution >= 0.6 is 7.92 Å². The Morgan fingerprint density at radius 2 is 1.29 bits per heavy atom. The highest BCUT2D eigenvalue weighted by Crippen LogP contribution is 2.52. The lowest BCUT2D eigenvalue weighted by Gasteiger charge is -2.34. The van der Waals surface area contributed by atoms with Gasteiger partial charge in [0.1, 0.15) is 0 Å². The van der Waals surface area contributed by atoms with E-state index >= 15 is 0 Å². The molecule has 0 rings (SSSR count). The molecule has 0 aliphatic carbocycles. The summed E-state index contributed by atoms with van der Waals surface area (Å²) in [6.45, 7) is 11.9. The number of hydrogen-bond donors (Lipinski definition) is 0. The van der Waals surface area contributed by atoms with Gasteiger partial charge in [0.2, 0.25) is 0 Å². The molecule has 0 heterocycles. The Kier molecular flexibility index (Phi) is 7.92. The smallest absolute Gasteiger partial charge is 0.0154 e. The SMILES string of the molecule is CCCCP(CCCC)C(C)(C)CC. The molecule has 0 atom stereocenters. The van der Waals surface area contributed by atoms with Gasteiger partial charge in [-0.1, -0.05) is 47.5 Å². The Labute approximate surface area is 92.6 Å². The molecule has 0 aliphatic heterocycles. The summed E-state index contributed by atoms with van der Waals surface area (Å²) in [5.74, 6) is 0. The molecule has 0 saturated carbocycles. The lowest BCUT2D eigenvalue weighted by molar-refractivity contribution is 0.660. The molecule has 14 heavy (non-hydrogen) atoms. The topological polar surface area (TPSA) is 0 Å². The molecule has 86 valence electrons. The van der Waals surface area contributed by atoms with Gasteiger partial charge in [0.15, 0.2) is 0 Å². The minimum Gasteiger partial charge on any atom is -0.101 e. The van der Waals surface area contributed by atoms with Gasteiger partial charge in [-0.05, 0) is 36.7 Å². The lowest BCUT2D eigenvalue weighted by atomic mass is 10.1. The van der Waals surface area contributed by atoms with Gasteiger partial charge in [-0.25, -0.2) is 0 Å². The lowest BCUT2D eigenvalue weighted by Crippen LogP contribution is -2.19. The van der Waals surface area contributed by atoms with Crippen LogP contribution in [0.1, 0.15) is 66.7 Å². The van der Waals surface area contributed by atoms with Crippen LogP contribution in [0.5, 0.6) is 0 Å². The van der Waals surface area contributed by atoms with Crippen LogP contribution in [0.25, 0.3) is 0 Å². The highest BCUT2D eigenvalue weighted by atomic mass is 31.1. The van der Waals surface area contributed by atoms with Crippen molar-refractivity contribution in [1.29, 1.82) is 0 Å². The van der Waals surface area contributed by atoms with Gasteiger partial charge in [-0.3, -0.25) is 0 Å². The molecule has 0 fully saturated rings. The van der Waals surface area contributed by atoms with E-state index in [1.807, 2.05) is 0 Å². The maximum Gasteiger partial charge on any atom is -0.0154 e. The van der Waals surface area contributed by atoms with Crippen molar-refractivity contribution in [3.05, 3.63) is 0 Å². The van der Waals surface area contributed by atoms with Crippen molar-refractivity contribution in [3.63, 3.8) is 0 Å². The van der Waals surface area contributed by atoms with Crippen molar-refractivity contribution in [2.45, 2.75) is 71.9 Å². The zero-order chi connectivity index (χ0) is 11.0. The van der Waals surface area contributed by atoms with Crippen molar-refractivity contribution < 1.29 is 0 Å². The van der Waals surface area contributed by atoms with Crippen LogP contribution in [0, 0.1) is 0 Å². The molecule has 1 heteroatoms. The summed E-state index contributed by atoms with van der Waals surface area (Å²) >= 11 is 0. The summed E-state index contributed by atoms with van der Waals surface area (Å²) in [5.41, 5.74) is 0. The number of unbranched alkanes of at least 4 members (excludes halogenated alkanes) is 2. The predicted molar refractivity (Wildman–Crippen MR) is 70.8 cm³/mol. The van der Waals surface area contributed by atoms with Gasteiger partial charge >= 0.3 is 0 Å². The Morgan fingerprint density at radius 3 is 1.57 bits per heavy atom. The molecule has 0 aromatic rings. The van der Waals surface area contributed by atoms with Crippen molar-refractivity contribution in [1.82, 2.24) is 0 Å². The normalized spacial score (nSPS) is 12.4. The molecule has 0 aliphatic rings. The zero-order valence-corrected chi connectivity index (χ0v) is 11.8. The molecule has 0 N–H and O–H groups in total. The van der Waals surface area contributed by atoms with E-state index in [2.05, 4.69) is 34.6 Å². The van der Waals surface area contributed by atoms with Crippen LogP contribution in [-0.4, -0.2) is 17.5 Å². The molecule has 0 amide bonds. The Morgan fingerprint density at radius 1 is 0.857 bits per heavy atom. The van der Waals surface area contributed by atoms with Gasteiger partial charge in [0, 0.05) is 0 Å². The van der Waals surface area contributed by atoms with E-state index in [-0.39, 0.29) is 7.92 Å². The summed E-state index contributed by atoms with van der Waals surface area (Å²) in [6, 6.07) is 0. The molecule has 0 radical (unpaired) electrons. The van der Waals surface area contributed by atoms with Gasteiger partial charge in [-0.2, -0.15) is 0 Å². The van der Waals surface area contributed by atoms with E-state index in [4.69, 9.17) is 0 Å². The van der Waals surface area contributed by atoms with Gasteiger partial charge in [-0.15, -0.1) is 7.92 Å². The van der Waals surface area contributed by atoms with Crippen LogP contribution in [0.15, 0.2) is 0 Å². The first-order valence-electron chi connectivity index (χ1n) is 6.33. The van der Waals surface area contributed by atoms with E-state index in [0.717, 1.165) is 0 Å². The predicted octanol–water partition coefficient (Wildman–Crippen LogP) is 5.26. The number of hydrogen-bond acceptors (Lipinski definition) is 0. The first kappa shape index (κ1) is 14.4. The van der Waals surface area contributed by atoms with Crippen LogP contribution in [0.4, 0.5) is 0 Å². The maximum atomic E-state index is 2.48. The fourth-order valence-corrected chi connectivity index (χ4v) is 4.92. The summed E-state index contributed by atoms with van der Waals surface area (Å²) in [5, 5.41) is 0.625. The first-order valence-corrected chi connectivity index (χ1v) is 8.04. The second kappa shape index (κ2) is 7.69. The second-order valence-corrected chi connectivity index (χ2v) is 8.04. The Hall–Kier alpha value is 0.430. The highest BCUT2D eigenvalue weighted by Gasteiger charge is 2.25. The van der Waals surface area contributed by atoms with E-state index in [9.17, 15) is 0 Å². The van der Waals surface area contributed by atoms with Gasteiger partial charge < -0.3 is 0 Å². The monoisotopic (exact) mass is 216 g/mol. The van der Waals surface area contributed by atoms with Crippen molar-refractivity contribution >= 4 is 7.92 Å². The molecule has 0 aromatic carbocycles. The van der Waals surface area contributed by atoms with Crippen LogP contribution in [-0.2, 0) is 0 Å². The average Bonchev–Trinajstić information content (AvgIpc) is 2.17. The molecule has 0 spiro atoms. The zero-order valence-electron chi connectivity index (χ0n) is 10.9. The fraction of sp³-hybridized carbons (Fsp3) is 1.00. The van der Waals surface area contributed by atoms with E-state index in [1.165, 1.54) is 44.4 Å². The van der Waals surface area contributed by atoms with Gasteiger partial charge in [0.05, 0.1) is 0 Å². The van der Waals surface area contributed by atoms with Crippen LogP contribution in [0.2, 0.25) is 0 Å². The molecular formula is C13H29P. The minimum absolute atomic E-state index is 0.284.